The number of benzene rings is 2. The molecule has 0 bridgehead atoms. The highest BCUT2D eigenvalue weighted by Gasteiger charge is 2.37. The van der Waals surface area contributed by atoms with Crippen LogP contribution >= 0.6 is 0 Å². The number of carbonyl (C=O) groups excluding carboxylic acids is 1. The minimum Gasteiger partial charge on any atom is -0.465 e. The second-order valence-electron chi connectivity index (χ2n) is 6.40. The van der Waals surface area contributed by atoms with Gasteiger partial charge in [-0.05, 0) is 17.2 Å². The Balaban J connectivity index is 1.81. The molecule has 0 unspecified atom stereocenters. The third-order valence-electron chi connectivity index (χ3n) is 4.71. The Bertz CT molecular complexity index is 883. The molecule has 0 aliphatic carbocycles. The number of nitrogens with two attached hydrogens (primary N) is 1. The number of methoxy groups -OCH3 is 1. The van der Waals surface area contributed by atoms with Crippen molar-refractivity contribution in [1.29, 1.82) is 0 Å². The summed E-state index contributed by atoms with van der Waals surface area (Å²) in [6, 6.07) is 16.0. The van der Waals surface area contributed by atoms with Gasteiger partial charge in [0.25, 0.3) is 0 Å². The number of esters is 1. The van der Waals surface area contributed by atoms with E-state index in [2.05, 4.69) is 0 Å². The minimum atomic E-state index is -3.61. The van der Waals surface area contributed by atoms with Gasteiger partial charge in [-0.15, -0.1) is 0 Å². The van der Waals surface area contributed by atoms with Crippen LogP contribution in [-0.2, 0) is 20.5 Å². The van der Waals surface area contributed by atoms with Gasteiger partial charge in [0.15, 0.2) is 0 Å². The molecule has 3 rings (SSSR count). The van der Waals surface area contributed by atoms with Crippen molar-refractivity contribution in [3.05, 3.63) is 71.3 Å². The summed E-state index contributed by atoms with van der Waals surface area (Å²) in [7, 11) is -2.33. The molecule has 26 heavy (non-hydrogen) atoms. The van der Waals surface area contributed by atoms with E-state index in [4.69, 9.17) is 10.5 Å². The second-order valence-corrected chi connectivity index (χ2v) is 8.37. The first-order chi connectivity index (χ1) is 12.4. The van der Waals surface area contributed by atoms with Gasteiger partial charge in [-0.25, -0.2) is 13.2 Å². The van der Waals surface area contributed by atoms with Crippen LogP contribution in [0.2, 0.25) is 0 Å². The number of nitrogens with zero attached hydrogens (tertiary/aromatic N) is 1. The van der Waals surface area contributed by atoms with E-state index in [-0.39, 0.29) is 29.8 Å². The zero-order chi connectivity index (χ0) is 18.7. The lowest BCUT2D eigenvalue weighted by molar-refractivity contribution is 0.0600. The summed E-state index contributed by atoms with van der Waals surface area (Å²) in [4.78, 5) is 11.9. The Morgan fingerprint density at radius 1 is 1.12 bits per heavy atom. The Labute approximate surface area is 153 Å². The summed E-state index contributed by atoms with van der Waals surface area (Å²) in [5.41, 5.74) is 7.94. The van der Waals surface area contributed by atoms with Crippen molar-refractivity contribution in [2.75, 3.05) is 20.2 Å². The highest BCUT2D eigenvalue weighted by Crippen LogP contribution is 2.29. The van der Waals surface area contributed by atoms with Crippen LogP contribution in [0, 0.1) is 0 Å². The average Bonchev–Trinajstić information content (AvgIpc) is 3.05. The van der Waals surface area contributed by atoms with Gasteiger partial charge in [0.05, 0.1) is 18.4 Å². The first-order valence-electron chi connectivity index (χ1n) is 8.37. The zero-order valence-corrected chi connectivity index (χ0v) is 15.4. The molecule has 1 fully saturated rings. The van der Waals surface area contributed by atoms with Gasteiger partial charge in [0.2, 0.25) is 10.0 Å². The molecule has 1 heterocycles. The van der Waals surface area contributed by atoms with E-state index >= 15 is 0 Å². The van der Waals surface area contributed by atoms with E-state index < -0.39 is 16.0 Å². The van der Waals surface area contributed by atoms with Crippen LogP contribution in [0.15, 0.2) is 54.6 Å². The van der Waals surface area contributed by atoms with Crippen LogP contribution in [0.5, 0.6) is 0 Å². The van der Waals surface area contributed by atoms with Crippen molar-refractivity contribution in [2.24, 2.45) is 5.73 Å². The van der Waals surface area contributed by atoms with Crippen molar-refractivity contribution in [3.8, 4) is 0 Å². The molecular formula is C19H22N2O4S. The van der Waals surface area contributed by atoms with Crippen LogP contribution in [-0.4, -0.2) is 44.9 Å². The van der Waals surface area contributed by atoms with Crippen LogP contribution in [0.1, 0.15) is 27.4 Å². The molecular weight excluding hydrogens is 352 g/mol. The Hall–Kier alpha value is -2.22. The molecule has 1 aliphatic heterocycles. The van der Waals surface area contributed by atoms with E-state index in [0.717, 1.165) is 5.56 Å². The summed E-state index contributed by atoms with van der Waals surface area (Å²) in [5, 5.41) is 0. The number of hydrogen-bond donors (Lipinski definition) is 1. The van der Waals surface area contributed by atoms with Gasteiger partial charge in [0, 0.05) is 25.0 Å². The van der Waals surface area contributed by atoms with Crippen LogP contribution in [0.4, 0.5) is 0 Å². The normalized spacial score (nSPS) is 20.8. The fourth-order valence-corrected chi connectivity index (χ4v) is 4.93. The molecule has 1 aliphatic rings. The highest BCUT2D eigenvalue weighted by atomic mass is 32.2. The maximum atomic E-state index is 12.9. The smallest absolute Gasteiger partial charge is 0.338 e. The number of rotatable bonds is 5. The lowest BCUT2D eigenvalue weighted by Crippen LogP contribution is -2.33. The number of sulfonamides is 1. The maximum Gasteiger partial charge on any atom is 0.338 e. The Kier molecular flexibility index (Phi) is 5.41. The summed E-state index contributed by atoms with van der Waals surface area (Å²) in [5.74, 6) is -0.843. The van der Waals surface area contributed by atoms with E-state index in [1.165, 1.54) is 11.4 Å². The van der Waals surface area contributed by atoms with Gasteiger partial charge in [-0.3, -0.25) is 0 Å². The molecule has 0 saturated carbocycles. The fourth-order valence-electron chi connectivity index (χ4n) is 3.31. The molecule has 2 atom stereocenters. The second kappa shape index (κ2) is 7.57. The number of hydrogen-bond acceptors (Lipinski definition) is 5. The lowest BCUT2D eigenvalue weighted by atomic mass is 9.95. The molecule has 0 amide bonds. The molecule has 2 aromatic carbocycles. The van der Waals surface area contributed by atoms with Crippen molar-refractivity contribution in [3.63, 3.8) is 0 Å². The van der Waals surface area contributed by atoms with E-state index in [9.17, 15) is 13.2 Å². The predicted molar refractivity (Wildman–Crippen MR) is 99.1 cm³/mol. The summed E-state index contributed by atoms with van der Waals surface area (Å²) >= 11 is 0. The van der Waals surface area contributed by atoms with E-state index in [1.807, 2.05) is 30.3 Å². The molecule has 0 radical (unpaired) electrons. The molecule has 0 aromatic heterocycles. The predicted octanol–water partition coefficient (Wildman–Crippen LogP) is 1.73. The first kappa shape index (κ1) is 18.6. The van der Waals surface area contributed by atoms with Crippen molar-refractivity contribution in [1.82, 2.24) is 4.31 Å². The summed E-state index contributed by atoms with van der Waals surface area (Å²) < 4.78 is 32.0. The molecule has 0 spiro atoms. The molecule has 138 valence electrons. The van der Waals surface area contributed by atoms with Gasteiger partial charge in [-0.1, -0.05) is 48.5 Å². The molecule has 7 heteroatoms. The first-order valence-corrected chi connectivity index (χ1v) is 9.98. The SMILES string of the molecule is COC(=O)c1ccccc1CS(=O)(=O)N1C[C@@H](N)[C@H](c2ccccc2)C1. The van der Waals surface area contributed by atoms with E-state index in [0.29, 0.717) is 12.1 Å². The van der Waals surface area contributed by atoms with Gasteiger partial charge >= 0.3 is 5.97 Å². The van der Waals surface area contributed by atoms with Crippen LogP contribution in [0.3, 0.4) is 0 Å². The third kappa shape index (κ3) is 3.80. The maximum absolute atomic E-state index is 12.9. The van der Waals surface area contributed by atoms with E-state index in [1.54, 1.807) is 24.3 Å². The average molecular weight is 374 g/mol. The molecule has 2 aromatic rings. The minimum absolute atomic E-state index is 0.0400. The molecule has 2 N–H and O–H groups in total. The summed E-state index contributed by atoms with van der Waals surface area (Å²) in [6.07, 6.45) is 0. The van der Waals surface area contributed by atoms with Crippen molar-refractivity contribution >= 4 is 16.0 Å². The van der Waals surface area contributed by atoms with Gasteiger partial charge < -0.3 is 10.5 Å². The monoisotopic (exact) mass is 374 g/mol. The van der Waals surface area contributed by atoms with Gasteiger partial charge in [0.1, 0.15) is 0 Å². The highest BCUT2D eigenvalue weighted by molar-refractivity contribution is 7.88. The van der Waals surface area contributed by atoms with Crippen LogP contribution < -0.4 is 5.73 Å². The van der Waals surface area contributed by atoms with Crippen LogP contribution in [0.25, 0.3) is 0 Å². The Morgan fingerprint density at radius 3 is 2.46 bits per heavy atom. The van der Waals surface area contributed by atoms with Gasteiger partial charge in [-0.2, -0.15) is 4.31 Å². The summed E-state index contributed by atoms with van der Waals surface area (Å²) in [6.45, 7) is 0.607. The molecule has 1 saturated heterocycles. The third-order valence-corrected chi connectivity index (χ3v) is 6.47. The topological polar surface area (TPSA) is 89.7 Å². The standard InChI is InChI=1S/C19H22N2O4S/c1-25-19(22)16-10-6-5-9-15(16)13-26(23,24)21-11-17(18(20)12-21)14-7-3-2-4-8-14/h2-10,17-18H,11-13,20H2,1H3/t17-,18+/m0/s1. The molecule has 6 nitrogen and oxygen atoms in total. The van der Waals surface area contributed by atoms with Crippen molar-refractivity contribution < 1.29 is 17.9 Å². The lowest BCUT2D eigenvalue weighted by Gasteiger charge is -2.17. The largest absolute Gasteiger partial charge is 0.465 e. The van der Waals surface area contributed by atoms with Crippen molar-refractivity contribution in [2.45, 2.75) is 17.7 Å². The fraction of sp³-hybridized carbons (Fsp3) is 0.316. The number of ether oxygens (including phenoxy) is 1. The number of carbonyl (C=O) groups is 1. The zero-order valence-electron chi connectivity index (χ0n) is 14.5. The Morgan fingerprint density at radius 2 is 1.77 bits per heavy atom. The quantitative estimate of drug-likeness (QED) is 0.805.